The lowest BCUT2D eigenvalue weighted by Gasteiger charge is -2.12. The van der Waals surface area contributed by atoms with Gasteiger partial charge in [-0.3, -0.25) is 9.59 Å². The van der Waals surface area contributed by atoms with E-state index in [-0.39, 0.29) is 11.1 Å². The van der Waals surface area contributed by atoms with E-state index in [1.165, 1.54) is 0 Å². The summed E-state index contributed by atoms with van der Waals surface area (Å²) in [6.07, 6.45) is 1.68. The molecular formula is C18H10ClNO4S2. The summed E-state index contributed by atoms with van der Waals surface area (Å²) in [7, 11) is 0. The Hall–Kier alpha value is -2.35. The van der Waals surface area contributed by atoms with Gasteiger partial charge in [0.05, 0.1) is 4.91 Å². The van der Waals surface area contributed by atoms with Gasteiger partial charge >= 0.3 is 0 Å². The molecule has 26 heavy (non-hydrogen) atoms. The lowest BCUT2D eigenvalue weighted by molar-refractivity contribution is -0.120. The lowest BCUT2D eigenvalue weighted by Crippen LogP contribution is -2.34. The van der Waals surface area contributed by atoms with Crippen molar-refractivity contribution in [2.45, 2.75) is 0 Å². The minimum absolute atomic E-state index is 0.177. The van der Waals surface area contributed by atoms with E-state index in [2.05, 4.69) is 0 Å². The number of amides is 2. The first-order valence-electron chi connectivity index (χ1n) is 7.50. The Kier molecular flexibility index (Phi) is 4.44. The van der Waals surface area contributed by atoms with E-state index in [1.807, 2.05) is 0 Å². The highest BCUT2D eigenvalue weighted by molar-refractivity contribution is 8.26. The van der Waals surface area contributed by atoms with Crippen LogP contribution in [0.25, 0.3) is 6.08 Å². The molecule has 5 nitrogen and oxygen atoms in total. The highest BCUT2D eigenvalue weighted by atomic mass is 35.5. The first kappa shape index (κ1) is 17.1. The topological polar surface area (TPSA) is 55.8 Å². The average molecular weight is 404 g/mol. The van der Waals surface area contributed by atoms with E-state index in [0.29, 0.717) is 27.0 Å². The Morgan fingerprint density at radius 2 is 1.88 bits per heavy atom. The number of thiocarbonyl (C=S) groups is 1. The number of carbonyl (C=O) groups is 2. The first-order valence-corrected chi connectivity index (χ1v) is 9.11. The minimum atomic E-state index is -0.474. The van der Waals surface area contributed by atoms with E-state index >= 15 is 0 Å². The number of benzene rings is 2. The SMILES string of the molecule is O=C1/C(=C\c2ccc3c(c2)OCO3)SC(=S)N1C(=O)c1ccc(Cl)cc1. The van der Waals surface area contributed by atoms with Crippen molar-refractivity contribution >= 4 is 57.8 Å². The molecule has 2 aromatic rings. The Bertz CT molecular complexity index is 972. The molecular weight excluding hydrogens is 394 g/mol. The van der Waals surface area contributed by atoms with Gasteiger partial charge in [0.25, 0.3) is 11.8 Å². The van der Waals surface area contributed by atoms with Crippen LogP contribution in [0.1, 0.15) is 15.9 Å². The third-order valence-electron chi connectivity index (χ3n) is 3.78. The molecule has 1 fully saturated rings. The van der Waals surface area contributed by atoms with Crippen molar-refractivity contribution in [2.75, 3.05) is 6.79 Å². The Labute approximate surface area is 163 Å². The van der Waals surface area contributed by atoms with Crippen LogP contribution < -0.4 is 9.47 Å². The number of fused-ring (bicyclic) bond motifs is 1. The van der Waals surface area contributed by atoms with Crippen LogP contribution >= 0.6 is 35.6 Å². The molecule has 130 valence electrons. The minimum Gasteiger partial charge on any atom is -0.454 e. The van der Waals surface area contributed by atoms with Crippen LogP contribution in [0.4, 0.5) is 0 Å². The summed E-state index contributed by atoms with van der Waals surface area (Å²) >= 11 is 12.2. The molecule has 1 saturated heterocycles. The maximum Gasteiger partial charge on any atom is 0.273 e. The quantitative estimate of drug-likeness (QED) is 0.427. The molecule has 0 atom stereocenters. The second kappa shape index (κ2) is 6.75. The van der Waals surface area contributed by atoms with Gasteiger partial charge in [-0.15, -0.1) is 0 Å². The molecule has 2 aliphatic rings. The molecule has 0 spiro atoms. The fraction of sp³-hybridized carbons (Fsp3) is 0.0556. The largest absolute Gasteiger partial charge is 0.454 e. The van der Waals surface area contributed by atoms with E-state index in [9.17, 15) is 9.59 Å². The highest BCUT2D eigenvalue weighted by Crippen LogP contribution is 2.36. The molecule has 0 bridgehead atoms. The van der Waals surface area contributed by atoms with Gasteiger partial charge in [-0.25, -0.2) is 4.90 Å². The summed E-state index contributed by atoms with van der Waals surface area (Å²) in [5, 5.41) is 0.509. The number of hydrogen-bond acceptors (Lipinski definition) is 6. The van der Waals surface area contributed by atoms with Gasteiger partial charge in [-0.2, -0.15) is 0 Å². The van der Waals surface area contributed by atoms with E-state index in [0.717, 1.165) is 22.2 Å². The lowest BCUT2D eigenvalue weighted by atomic mass is 10.1. The zero-order valence-electron chi connectivity index (χ0n) is 13.1. The van der Waals surface area contributed by atoms with Crippen molar-refractivity contribution in [1.82, 2.24) is 4.90 Å². The van der Waals surface area contributed by atoms with Crippen molar-refractivity contribution in [3.63, 3.8) is 0 Å². The normalized spacial score (nSPS) is 17.3. The summed E-state index contributed by atoms with van der Waals surface area (Å²) in [6, 6.07) is 11.7. The molecule has 0 saturated carbocycles. The molecule has 2 amide bonds. The molecule has 0 unspecified atom stereocenters. The zero-order chi connectivity index (χ0) is 18.3. The van der Waals surface area contributed by atoms with Gasteiger partial charge < -0.3 is 9.47 Å². The van der Waals surface area contributed by atoms with Crippen LogP contribution in [0.3, 0.4) is 0 Å². The maximum absolute atomic E-state index is 12.7. The number of carbonyl (C=O) groups excluding carboxylic acids is 2. The van der Waals surface area contributed by atoms with Gasteiger partial charge in [0, 0.05) is 10.6 Å². The number of ether oxygens (including phenoxy) is 2. The van der Waals surface area contributed by atoms with Crippen molar-refractivity contribution < 1.29 is 19.1 Å². The summed E-state index contributed by atoms with van der Waals surface area (Å²) < 4.78 is 10.8. The molecule has 2 heterocycles. The number of halogens is 1. The standard InChI is InChI=1S/C18H10ClNO4S2/c19-12-4-2-11(3-5-12)16(21)20-17(22)15(26-18(20)25)8-10-1-6-13-14(7-10)24-9-23-13/h1-8H,9H2/b15-8+. The van der Waals surface area contributed by atoms with Crippen LogP contribution in [0.2, 0.25) is 5.02 Å². The smallest absolute Gasteiger partial charge is 0.273 e. The molecule has 0 aromatic heterocycles. The monoisotopic (exact) mass is 403 g/mol. The number of imide groups is 1. The second-order valence-corrected chi connectivity index (χ2v) is 7.55. The summed E-state index contributed by atoms with van der Waals surface area (Å²) in [5.74, 6) is 0.356. The highest BCUT2D eigenvalue weighted by Gasteiger charge is 2.37. The fourth-order valence-electron chi connectivity index (χ4n) is 2.52. The van der Waals surface area contributed by atoms with Crippen molar-refractivity contribution in [3.8, 4) is 11.5 Å². The van der Waals surface area contributed by atoms with Crippen molar-refractivity contribution in [3.05, 3.63) is 63.5 Å². The first-order chi connectivity index (χ1) is 12.5. The van der Waals surface area contributed by atoms with E-state index < -0.39 is 11.8 Å². The Morgan fingerprint density at radius 1 is 1.15 bits per heavy atom. The third-order valence-corrected chi connectivity index (χ3v) is 5.34. The molecule has 2 aliphatic heterocycles. The summed E-state index contributed by atoms with van der Waals surface area (Å²) in [5.41, 5.74) is 1.10. The maximum atomic E-state index is 12.7. The van der Waals surface area contributed by atoms with Gasteiger partial charge in [-0.05, 0) is 48.0 Å². The molecule has 4 rings (SSSR count). The van der Waals surface area contributed by atoms with Gasteiger partial charge in [-0.1, -0.05) is 41.6 Å². The predicted molar refractivity (Wildman–Crippen MR) is 103 cm³/mol. The zero-order valence-corrected chi connectivity index (χ0v) is 15.5. The van der Waals surface area contributed by atoms with Gasteiger partial charge in [0.15, 0.2) is 15.8 Å². The van der Waals surface area contributed by atoms with Gasteiger partial charge in [0.2, 0.25) is 6.79 Å². The fourth-order valence-corrected chi connectivity index (χ4v) is 3.90. The number of hydrogen-bond donors (Lipinski definition) is 0. The van der Waals surface area contributed by atoms with Crippen LogP contribution in [-0.2, 0) is 4.79 Å². The third kappa shape index (κ3) is 3.09. The number of rotatable bonds is 2. The van der Waals surface area contributed by atoms with E-state index in [4.69, 9.17) is 33.3 Å². The van der Waals surface area contributed by atoms with Crippen molar-refractivity contribution in [2.24, 2.45) is 0 Å². The predicted octanol–water partition coefficient (Wildman–Crippen LogP) is 4.11. The molecule has 0 radical (unpaired) electrons. The number of nitrogens with zero attached hydrogens (tertiary/aromatic N) is 1. The Morgan fingerprint density at radius 3 is 2.65 bits per heavy atom. The molecule has 2 aromatic carbocycles. The molecule has 0 N–H and O–H groups in total. The number of thioether (sulfide) groups is 1. The molecule has 0 aliphatic carbocycles. The molecule has 8 heteroatoms. The van der Waals surface area contributed by atoms with Crippen LogP contribution in [0.15, 0.2) is 47.4 Å². The van der Waals surface area contributed by atoms with Crippen LogP contribution in [0, 0.1) is 0 Å². The van der Waals surface area contributed by atoms with Crippen LogP contribution in [-0.4, -0.2) is 27.8 Å². The average Bonchev–Trinajstić information content (AvgIpc) is 3.19. The second-order valence-electron chi connectivity index (χ2n) is 5.44. The van der Waals surface area contributed by atoms with Crippen LogP contribution in [0.5, 0.6) is 11.5 Å². The Balaban J connectivity index is 1.60. The van der Waals surface area contributed by atoms with Crippen molar-refractivity contribution in [1.29, 1.82) is 0 Å². The van der Waals surface area contributed by atoms with Gasteiger partial charge in [0.1, 0.15) is 0 Å². The summed E-state index contributed by atoms with van der Waals surface area (Å²) in [4.78, 5) is 26.7. The van der Waals surface area contributed by atoms with E-state index in [1.54, 1.807) is 48.5 Å². The summed E-state index contributed by atoms with van der Waals surface area (Å²) in [6.45, 7) is 0.177.